The first-order valence-electron chi connectivity index (χ1n) is 8.40. The number of ether oxygens (including phenoxy) is 2. The molecular formula is C18H21N3O6S. The first-order valence-corrected chi connectivity index (χ1v) is 9.28. The molecule has 2 aromatic rings. The van der Waals surface area contributed by atoms with Crippen LogP contribution in [0.5, 0.6) is 0 Å². The van der Waals surface area contributed by atoms with Crippen molar-refractivity contribution in [1.82, 2.24) is 4.98 Å². The second kappa shape index (κ2) is 8.70. The number of primary amides is 1. The van der Waals surface area contributed by atoms with E-state index in [-0.39, 0.29) is 21.8 Å². The summed E-state index contributed by atoms with van der Waals surface area (Å²) in [5.74, 6) is -2.64. The van der Waals surface area contributed by atoms with Gasteiger partial charge in [-0.2, -0.15) is 0 Å². The molecular weight excluding hydrogens is 386 g/mol. The molecule has 0 radical (unpaired) electrons. The van der Waals surface area contributed by atoms with Crippen LogP contribution >= 0.6 is 11.3 Å². The van der Waals surface area contributed by atoms with E-state index < -0.39 is 29.9 Å². The molecule has 1 unspecified atom stereocenters. The Morgan fingerprint density at radius 3 is 2.54 bits per heavy atom. The summed E-state index contributed by atoms with van der Waals surface area (Å²) in [6, 6.07) is 1.49. The van der Waals surface area contributed by atoms with Crippen molar-refractivity contribution in [2.75, 3.05) is 12.4 Å². The molecule has 2 aromatic heterocycles. The van der Waals surface area contributed by atoms with Crippen molar-refractivity contribution in [3.05, 3.63) is 39.5 Å². The maximum Gasteiger partial charge on any atom is 0.355 e. The van der Waals surface area contributed by atoms with E-state index in [4.69, 9.17) is 15.2 Å². The quantitative estimate of drug-likeness (QED) is 0.600. The number of aryl methyl sites for hydroxylation is 1. The minimum Gasteiger partial charge on any atom is -0.465 e. The van der Waals surface area contributed by atoms with E-state index >= 15 is 0 Å². The number of aromatic amines is 1. The summed E-state index contributed by atoms with van der Waals surface area (Å²) in [6.45, 7) is 4.80. The Balaban J connectivity index is 2.15. The van der Waals surface area contributed by atoms with Gasteiger partial charge in [-0.1, -0.05) is 6.92 Å². The Labute approximate surface area is 165 Å². The molecule has 0 saturated heterocycles. The standard InChI is InChI=1S/C18H21N3O6S/c1-5-11-12(17(24)26-4)8(2)13(20-11)18(25)27-9(3)15(23)21-16-10(14(19)22)6-7-28-16/h6-7,9,20H,5H2,1-4H3,(H2,19,22)(H,21,23). The van der Waals surface area contributed by atoms with E-state index in [1.165, 1.54) is 20.1 Å². The average Bonchev–Trinajstić information content (AvgIpc) is 3.24. The first-order chi connectivity index (χ1) is 13.2. The van der Waals surface area contributed by atoms with E-state index in [2.05, 4.69) is 10.3 Å². The molecule has 10 heteroatoms. The highest BCUT2D eigenvalue weighted by Gasteiger charge is 2.27. The highest BCUT2D eigenvalue weighted by molar-refractivity contribution is 7.14. The van der Waals surface area contributed by atoms with Crippen LogP contribution in [0.3, 0.4) is 0 Å². The summed E-state index contributed by atoms with van der Waals surface area (Å²) in [7, 11) is 1.25. The fraction of sp³-hybridized carbons (Fsp3) is 0.333. The molecule has 9 nitrogen and oxygen atoms in total. The first kappa shape index (κ1) is 21.2. The van der Waals surface area contributed by atoms with Crippen LogP contribution in [0, 0.1) is 6.92 Å². The number of H-pyrrole nitrogens is 1. The summed E-state index contributed by atoms with van der Waals surface area (Å²) >= 11 is 1.12. The van der Waals surface area contributed by atoms with Gasteiger partial charge in [0.05, 0.1) is 18.2 Å². The highest BCUT2D eigenvalue weighted by atomic mass is 32.1. The van der Waals surface area contributed by atoms with Crippen molar-refractivity contribution in [2.24, 2.45) is 5.73 Å². The summed E-state index contributed by atoms with van der Waals surface area (Å²) in [5.41, 5.74) is 6.69. The molecule has 0 spiro atoms. The number of rotatable bonds is 7. The topological polar surface area (TPSA) is 141 Å². The van der Waals surface area contributed by atoms with E-state index in [9.17, 15) is 19.2 Å². The zero-order chi connectivity index (χ0) is 21.0. The van der Waals surface area contributed by atoms with Crippen LogP contribution < -0.4 is 11.1 Å². The smallest absolute Gasteiger partial charge is 0.355 e. The molecule has 2 amide bonds. The van der Waals surface area contributed by atoms with Gasteiger partial charge in [0.1, 0.15) is 10.7 Å². The SMILES string of the molecule is CCc1[nH]c(C(=O)OC(C)C(=O)Nc2sccc2C(N)=O)c(C)c1C(=O)OC. The molecule has 0 aliphatic rings. The summed E-state index contributed by atoms with van der Waals surface area (Å²) < 4.78 is 9.96. The lowest BCUT2D eigenvalue weighted by atomic mass is 10.1. The maximum atomic E-state index is 12.5. The van der Waals surface area contributed by atoms with Gasteiger partial charge in [-0.3, -0.25) is 9.59 Å². The predicted molar refractivity (Wildman–Crippen MR) is 103 cm³/mol. The number of carbonyl (C=O) groups excluding carboxylic acids is 4. The van der Waals surface area contributed by atoms with Gasteiger partial charge < -0.3 is 25.5 Å². The van der Waals surface area contributed by atoms with Crippen LogP contribution in [-0.4, -0.2) is 42.0 Å². The number of hydrogen-bond donors (Lipinski definition) is 3. The number of esters is 2. The van der Waals surface area contributed by atoms with Crippen molar-refractivity contribution in [1.29, 1.82) is 0 Å². The summed E-state index contributed by atoms with van der Waals surface area (Å²) in [5, 5.41) is 4.40. The summed E-state index contributed by atoms with van der Waals surface area (Å²) in [4.78, 5) is 50.9. The van der Waals surface area contributed by atoms with Crippen LogP contribution in [0.1, 0.15) is 56.3 Å². The molecule has 0 fully saturated rings. The van der Waals surface area contributed by atoms with Gasteiger partial charge in [0.2, 0.25) is 0 Å². The number of methoxy groups -OCH3 is 1. The second-order valence-corrected chi connectivity index (χ2v) is 6.80. The molecule has 0 aliphatic heterocycles. The zero-order valence-corrected chi connectivity index (χ0v) is 16.7. The lowest BCUT2D eigenvalue weighted by Gasteiger charge is -2.13. The third kappa shape index (κ3) is 4.22. The van der Waals surface area contributed by atoms with E-state index in [1.807, 2.05) is 6.92 Å². The van der Waals surface area contributed by atoms with Crippen LogP contribution in [-0.2, 0) is 20.7 Å². The number of anilines is 1. The Morgan fingerprint density at radius 1 is 1.29 bits per heavy atom. The number of carbonyl (C=O) groups is 4. The van der Waals surface area contributed by atoms with E-state index in [0.717, 1.165) is 11.3 Å². The van der Waals surface area contributed by atoms with Crippen molar-refractivity contribution < 1.29 is 28.7 Å². The van der Waals surface area contributed by atoms with Gasteiger partial charge in [-0.25, -0.2) is 9.59 Å². The molecule has 2 heterocycles. The fourth-order valence-corrected chi connectivity index (χ4v) is 3.39. The summed E-state index contributed by atoms with van der Waals surface area (Å²) in [6.07, 6.45) is -0.673. The number of hydrogen-bond acceptors (Lipinski definition) is 7. The van der Waals surface area contributed by atoms with Crippen LogP contribution in [0.4, 0.5) is 5.00 Å². The van der Waals surface area contributed by atoms with Gasteiger partial charge in [0.15, 0.2) is 6.10 Å². The molecule has 2 rings (SSSR count). The van der Waals surface area contributed by atoms with Gasteiger partial charge >= 0.3 is 11.9 Å². The van der Waals surface area contributed by atoms with Crippen molar-refractivity contribution in [2.45, 2.75) is 33.3 Å². The molecule has 1 atom stereocenters. The largest absolute Gasteiger partial charge is 0.465 e. The van der Waals surface area contributed by atoms with Crippen LogP contribution in [0.25, 0.3) is 0 Å². The van der Waals surface area contributed by atoms with Crippen molar-refractivity contribution >= 4 is 40.1 Å². The Morgan fingerprint density at radius 2 is 1.96 bits per heavy atom. The van der Waals surface area contributed by atoms with Crippen molar-refractivity contribution in [3.63, 3.8) is 0 Å². The molecule has 150 valence electrons. The molecule has 4 N–H and O–H groups in total. The molecule has 0 saturated carbocycles. The Kier molecular flexibility index (Phi) is 6.57. The number of thiophene rings is 1. The van der Waals surface area contributed by atoms with E-state index in [1.54, 1.807) is 12.3 Å². The predicted octanol–water partition coefficient (Wildman–Crippen LogP) is 2.02. The number of aromatic nitrogens is 1. The van der Waals surface area contributed by atoms with Crippen LogP contribution in [0.15, 0.2) is 11.4 Å². The molecule has 28 heavy (non-hydrogen) atoms. The minimum absolute atomic E-state index is 0.0749. The lowest BCUT2D eigenvalue weighted by Crippen LogP contribution is -2.30. The molecule has 0 aliphatic carbocycles. The fourth-order valence-electron chi connectivity index (χ4n) is 2.59. The zero-order valence-electron chi connectivity index (χ0n) is 15.9. The normalized spacial score (nSPS) is 11.6. The Bertz CT molecular complexity index is 930. The van der Waals surface area contributed by atoms with Crippen molar-refractivity contribution in [3.8, 4) is 0 Å². The average molecular weight is 407 g/mol. The highest BCUT2D eigenvalue weighted by Crippen LogP contribution is 2.24. The molecule has 0 aromatic carbocycles. The third-order valence-corrected chi connectivity index (χ3v) is 4.93. The maximum absolute atomic E-state index is 12.5. The van der Waals surface area contributed by atoms with E-state index in [0.29, 0.717) is 17.7 Å². The van der Waals surface area contributed by atoms with Gasteiger partial charge in [-0.05, 0) is 37.3 Å². The Hall–Kier alpha value is -3.14. The second-order valence-electron chi connectivity index (χ2n) is 5.89. The number of nitrogens with two attached hydrogens (primary N) is 1. The van der Waals surface area contributed by atoms with Gasteiger partial charge in [0.25, 0.3) is 11.8 Å². The molecule has 0 bridgehead atoms. The number of nitrogens with one attached hydrogen (secondary N) is 2. The number of amides is 2. The lowest BCUT2D eigenvalue weighted by molar-refractivity contribution is -0.123. The van der Waals surface area contributed by atoms with Gasteiger partial charge in [0, 0.05) is 5.69 Å². The van der Waals surface area contributed by atoms with Gasteiger partial charge in [-0.15, -0.1) is 11.3 Å². The minimum atomic E-state index is -1.15. The third-order valence-electron chi connectivity index (χ3n) is 4.10. The monoisotopic (exact) mass is 407 g/mol. The van der Waals surface area contributed by atoms with Crippen LogP contribution in [0.2, 0.25) is 0 Å².